The molecular weight excluding hydrogens is 1180 g/mol. The number of likely N-dealkylation sites (tertiary alicyclic amines) is 1. The number of unbranched alkanes of at least 4 members (excludes halogenated alkanes) is 5. The molecule has 7 aromatic rings. The van der Waals surface area contributed by atoms with Gasteiger partial charge in [-0.1, -0.05) is 130 Å². The molecule has 0 bridgehead atoms. The Morgan fingerprint density at radius 2 is 1.51 bits per heavy atom. The fourth-order valence-corrected chi connectivity index (χ4v) is 13.1. The molecular formula is C72H85FN10O8S. The fourth-order valence-electron chi connectivity index (χ4n) is 12.3. The second kappa shape index (κ2) is 30.3. The summed E-state index contributed by atoms with van der Waals surface area (Å²) in [5, 5.41) is 42.9. The molecule has 18 nitrogen and oxygen atoms in total. The summed E-state index contributed by atoms with van der Waals surface area (Å²) in [5.41, 5.74) is 8.30. The summed E-state index contributed by atoms with van der Waals surface area (Å²) in [6.45, 7) is 8.25. The quantitative estimate of drug-likeness (QED) is 0.0200. The topological polar surface area (TPSA) is 246 Å². The molecule has 3 aromatic heterocycles. The summed E-state index contributed by atoms with van der Waals surface area (Å²) in [4.78, 5) is 78.1. The van der Waals surface area contributed by atoms with Crippen LogP contribution in [0.4, 0.5) is 4.39 Å². The number of nitrogens with zero attached hydrogens (tertiary/aromatic N) is 5. The number of hydrogen-bond acceptors (Lipinski definition) is 12. The van der Waals surface area contributed by atoms with Crippen molar-refractivity contribution < 1.29 is 43.3 Å². The molecule has 2 aliphatic carbocycles. The van der Waals surface area contributed by atoms with Crippen LogP contribution in [0.5, 0.6) is 5.75 Å². The highest BCUT2D eigenvalue weighted by Gasteiger charge is 2.53. The smallest absolute Gasteiger partial charge is 0.258 e. The lowest BCUT2D eigenvalue weighted by Crippen LogP contribution is -2.59. The average Bonchev–Trinajstić information content (AvgIpc) is 1.65. The van der Waals surface area contributed by atoms with Gasteiger partial charge in [0.05, 0.1) is 45.7 Å². The van der Waals surface area contributed by atoms with Crippen LogP contribution >= 0.6 is 11.3 Å². The standard InChI is InChI=1S/C72H85FN10O8S/c1-47-64(92-46-79-47)52-28-29-53(41-77-68(88)57-40-56(85)43-81(57)69(89)65(71(2,3)4)80-70(90)72(73)34-35-72)58(39-52)91-44-60(87)76-37-18-8-7-17-36-75-59(86)27-16-6-5-11-20-48-21-19-22-49(38-48)42-82-63(51-25-14-10-15-26-51)61(50-23-12-9-13-24-50)62-66(74)83(45-78-67(62)82)54-30-32-55(84)33-31-54/h9-10,12-15,19,21-26,28-29,38-39,45-46,54-57,65,74,84-85H,5-8,16-18,27,30-37,40-44H2,1-4H3,(H,75,86)(H,76,87)(H,77,88)(H,80,90)/t54?,55?,56-,57+,65-/m1/s1. The highest BCUT2D eigenvalue weighted by atomic mass is 32.1. The molecule has 2 saturated carbocycles. The van der Waals surface area contributed by atoms with E-state index in [2.05, 4.69) is 79.1 Å². The van der Waals surface area contributed by atoms with E-state index in [4.69, 9.17) is 9.72 Å². The van der Waals surface area contributed by atoms with Gasteiger partial charge in [0.25, 0.3) is 11.8 Å². The van der Waals surface area contributed by atoms with Gasteiger partial charge in [-0.25, -0.2) is 14.4 Å². The molecule has 3 aliphatic rings. The van der Waals surface area contributed by atoms with Crippen LogP contribution in [0.2, 0.25) is 0 Å². The molecule has 7 N–H and O–H groups in total. The van der Waals surface area contributed by atoms with Gasteiger partial charge in [0.15, 0.2) is 12.3 Å². The van der Waals surface area contributed by atoms with Gasteiger partial charge in [0, 0.05) is 74.7 Å². The maximum atomic E-state index is 14.7. The third-order valence-corrected chi connectivity index (χ3v) is 18.6. The Hall–Kier alpha value is -8.51. The molecule has 0 radical (unpaired) electrons. The number of hydrogen-bond donors (Lipinski definition) is 7. The first-order chi connectivity index (χ1) is 44.3. The molecule has 0 spiro atoms. The van der Waals surface area contributed by atoms with E-state index >= 15 is 0 Å². The predicted octanol–water partition coefficient (Wildman–Crippen LogP) is 10.0. The molecule has 4 aromatic carbocycles. The van der Waals surface area contributed by atoms with Crippen molar-refractivity contribution in [3.8, 4) is 50.4 Å². The summed E-state index contributed by atoms with van der Waals surface area (Å²) in [6, 6.07) is 32.3. The Labute approximate surface area is 541 Å². The summed E-state index contributed by atoms with van der Waals surface area (Å²) in [6.07, 6.45) is 9.58. The minimum absolute atomic E-state index is 0.0158. The summed E-state index contributed by atoms with van der Waals surface area (Å²) in [5.74, 6) is 4.80. The third-order valence-electron chi connectivity index (χ3n) is 17.6. The second-order valence-electron chi connectivity index (χ2n) is 25.8. The molecule has 4 heterocycles. The summed E-state index contributed by atoms with van der Waals surface area (Å²) in [7, 11) is 0. The van der Waals surface area contributed by atoms with Crippen molar-refractivity contribution >= 4 is 51.9 Å². The Morgan fingerprint density at radius 1 is 0.804 bits per heavy atom. The number of ether oxygens (including phenoxy) is 1. The van der Waals surface area contributed by atoms with Gasteiger partial charge in [0.1, 0.15) is 29.0 Å². The first-order valence-electron chi connectivity index (χ1n) is 32.4. The molecule has 3 fully saturated rings. The van der Waals surface area contributed by atoms with Crippen LogP contribution in [0.15, 0.2) is 115 Å². The van der Waals surface area contributed by atoms with Gasteiger partial charge in [-0.15, -0.1) is 11.3 Å². The summed E-state index contributed by atoms with van der Waals surface area (Å²) < 4.78 is 25.1. The number of thiazole rings is 1. The van der Waals surface area contributed by atoms with Crippen molar-refractivity contribution in [2.75, 3.05) is 26.2 Å². The van der Waals surface area contributed by atoms with Crippen LogP contribution in [-0.4, -0.2) is 120 Å². The van der Waals surface area contributed by atoms with Crippen molar-refractivity contribution in [1.29, 1.82) is 5.41 Å². The molecule has 1 saturated heterocycles. The largest absolute Gasteiger partial charge is 0.483 e. The molecule has 20 heteroatoms. The number of aryl methyl sites for hydroxylation is 1. The first kappa shape index (κ1) is 66.4. The van der Waals surface area contributed by atoms with Gasteiger partial charge in [-0.05, 0) is 117 Å². The number of rotatable bonds is 26. The number of aliphatic hydroxyl groups is 2. The number of amides is 5. The van der Waals surface area contributed by atoms with E-state index in [9.17, 15) is 44.0 Å². The third kappa shape index (κ3) is 16.6. The zero-order valence-corrected chi connectivity index (χ0v) is 53.9. The number of aliphatic hydroxyl groups excluding tert-OH is 2. The molecule has 484 valence electrons. The molecule has 10 rings (SSSR count). The molecule has 5 amide bonds. The lowest BCUT2D eigenvalue weighted by Gasteiger charge is -2.35. The molecule has 92 heavy (non-hydrogen) atoms. The number of nitrogens with one attached hydrogen (secondary N) is 5. The van der Waals surface area contributed by atoms with E-state index in [1.807, 2.05) is 72.4 Å². The monoisotopic (exact) mass is 1270 g/mol. The van der Waals surface area contributed by atoms with E-state index in [0.29, 0.717) is 62.1 Å². The maximum Gasteiger partial charge on any atom is 0.258 e. The average molecular weight is 1270 g/mol. The highest BCUT2D eigenvalue weighted by Crippen LogP contribution is 2.42. The highest BCUT2D eigenvalue weighted by molar-refractivity contribution is 7.13. The van der Waals surface area contributed by atoms with Crippen LogP contribution in [-0.2, 0) is 37.1 Å². The zero-order valence-electron chi connectivity index (χ0n) is 53.1. The van der Waals surface area contributed by atoms with Crippen molar-refractivity contribution in [3.63, 3.8) is 0 Å². The van der Waals surface area contributed by atoms with Crippen molar-refractivity contribution in [3.05, 3.63) is 143 Å². The lowest BCUT2D eigenvalue weighted by atomic mass is 9.85. The van der Waals surface area contributed by atoms with Gasteiger partial charge >= 0.3 is 0 Å². The van der Waals surface area contributed by atoms with Gasteiger partial charge < -0.3 is 50.3 Å². The van der Waals surface area contributed by atoms with Crippen LogP contribution in [0.3, 0.4) is 0 Å². The van der Waals surface area contributed by atoms with E-state index < -0.39 is 47.0 Å². The van der Waals surface area contributed by atoms with E-state index in [-0.39, 0.29) is 62.9 Å². The van der Waals surface area contributed by atoms with Crippen molar-refractivity contribution in [2.45, 2.75) is 173 Å². The Balaban J connectivity index is 0.648. The summed E-state index contributed by atoms with van der Waals surface area (Å²) >= 11 is 1.46. The van der Waals surface area contributed by atoms with Gasteiger partial charge in [-0.2, -0.15) is 0 Å². The van der Waals surface area contributed by atoms with E-state index in [0.717, 1.165) is 112 Å². The van der Waals surface area contributed by atoms with Crippen LogP contribution in [0.1, 0.15) is 146 Å². The van der Waals surface area contributed by atoms with Crippen molar-refractivity contribution in [2.24, 2.45) is 5.41 Å². The maximum absolute atomic E-state index is 14.7. The SMILES string of the molecule is Cc1ncsc1-c1ccc(CNC(=O)[C@@H]2C[C@@H](O)CN2C(=O)[C@@H](NC(=O)C2(F)CC2)C(C)(C)C)c(OCC(=O)NCCCCCCNC(=O)CCCCC#Cc2cccc(Cn3c(-c4ccccc4)c(-c4ccccc4)c4c(=N)n(C5CCC(O)CC5)cnc43)c2)c1. The normalized spacial score (nSPS) is 17.9. The van der Waals surface area contributed by atoms with Crippen molar-refractivity contribution in [1.82, 2.24) is 45.3 Å². The molecule has 3 atom stereocenters. The molecule has 1 aliphatic heterocycles. The zero-order chi connectivity index (χ0) is 64.9. The second-order valence-corrected chi connectivity index (χ2v) is 26.6. The van der Waals surface area contributed by atoms with Gasteiger partial charge in [0.2, 0.25) is 17.7 Å². The Kier molecular flexibility index (Phi) is 21.9. The van der Waals surface area contributed by atoms with Crippen LogP contribution in [0.25, 0.3) is 43.9 Å². The van der Waals surface area contributed by atoms with Gasteiger partial charge in [-0.3, -0.25) is 29.4 Å². The number of β-amino-alcohol motifs (C(OH)–C–C–N with tert-alkyl or cyclic N) is 1. The number of benzene rings is 4. The van der Waals surface area contributed by atoms with E-state index in [1.54, 1.807) is 38.4 Å². The number of carbonyl (C=O) groups excluding carboxylic acids is 5. The predicted molar refractivity (Wildman–Crippen MR) is 354 cm³/mol. The number of alkyl halides is 1. The minimum atomic E-state index is -2.00. The number of halogens is 1. The van der Waals surface area contributed by atoms with Crippen LogP contribution in [0, 0.1) is 29.6 Å². The van der Waals surface area contributed by atoms with E-state index in [1.165, 1.54) is 16.2 Å². The fraction of sp³-hybridized carbons (Fsp3) is 0.444. The molecule has 0 unspecified atom stereocenters. The number of aromatic nitrogens is 4. The first-order valence-corrected chi connectivity index (χ1v) is 33.2. The Bertz CT molecular complexity index is 3880. The number of carbonyl (C=O) groups is 5. The van der Waals surface area contributed by atoms with Crippen LogP contribution < -0.4 is 31.5 Å². The minimum Gasteiger partial charge on any atom is -0.483 e. The lowest BCUT2D eigenvalue weighted by molar-refractivity contribution is -0.145. The Morgan fingerprint density at radius 3 is 2.20 bits per heavy atom. The number of fused-ring (bicyclic) bond motifs is 1.